The van der Waals surface area contributed by atoms with E-state index in [2.05, 4.69) is 43.3 Å². The predicted molar refractivity (Wildman–Crippen MR) is 98.2 cm³/mol. The van der Waals surface area contributed by atoms with Crippen LogP contribution in [-0.4, -0.2) is 17.1 Å². The number of benzene rings is 2. The number of aryl methyl sites for hydroxylation is 1. The molecule has 0 unspecified atom stereocenters. The fraction of sp³-hybridized carbons (Fsp3) is 0.238. The van der Waals surface area contributed by atoms with Crippen LogP contribution in [0.1, 0.15) is 24.7 Å². The highest BCUT2D eigenvalue weighted by atomic mass is 16.5. The number of aromatic nitrogens is 2. The Hall–Kier alpha value is -2.68. The van der Waals surface area contributed by atoms with Gasteiger partial charge in [-0.15, -0.1) is 0 Å². The van der Waals surface area contributed by atoms with Crippen molar-refractivity contribution >= 4 is 0 Å². The van der Waals surface area contributed by atoms with Crippen molar-refractivity contribution < 1.29 is 4.74 Å². The lowest BCUT2D eigenvalue weighted by molar-refractivity contribution is 0.415. The Labute approximate surface area is 143 Å². The minimum atomic E-state index is 0.791. The second-order valence-electron chi connectivity index (χ2n) is 5.79. The van der Waals surface area contributed by atoms with E-state index < -0.39 is 0 Å². The maximum atomic E-state index is 5.27. The molecule has 0 N–H and O–H groups in total. The Kier molecular flexibility index (Phi) is 4.90. The van der Waals surface area contributed by atoms with Crippen molar-refractivity contribution in [3.63, 3.8) is 0 Å². The van der Waals surface area contributed by atoms with Gasteiger partial charge in [-0.25, -0.2) is 9.97 Å². The van der Waals surface area contributed by atoms with Crippen LogP contribution in [0.5, 0.6) is 5.75 Å². The summed E-state index contributed by atoms with van der Waals surface area (Å²) in [6, 6.07) is 18.4. The number of rotatable bonds is 5. The first-order chi connectivity index (χ1) is 11.7. The number of hydrogen-bond donors (Lipinski definition) is 0. The normalized spacial score (nSPS) is 10.6. The molecular weight excluding hydrogens is 296 g/mol. The van der Waals surface area contributed by atoms with Gasteiger partial charge < -0.3 is 4.74 Å². The fourth-order valence-electron chi connectivity index (χ4n) is 2.90. The van der Waals surface area contributed by atoms with Crippen LogP contribution >= 0.6 is 0 Å². The molecule has 3 nitrogen and oxygen atoms in total. The molecule has 1 heterocycles. The molecule has 0 radical (unpaired) electrons. The van der Waals surface area contributed by atoms with Gasteiger partial charge in [-0.2, -0.15) is 0 Å². The summed E-state index contributed by atoms with van der Waals surface area (Å²) in [5.74, 6) is 1.64. The molecule has 0 fully saturated rings. The molecule has 0 amide bonds. The molecule has 3 heteroatoms. The van der Waals surface area contributed by atoms with Crippen LogP contribution < -0.4 is 4.74 Å². The predicted octanol–water partition coefficient (Wildman–Crippen LogP) is 5.08. The lowest BCUT2D eigenvalue weighted by Gasteiger charge is -2.15. The zero-order valence-electron chi connectivity index (χ0n) is 14.4. The summed E-state index contributed by atoms with van der Waals surface area (Å²) in [4.78, 5) is 9.50. The first-order valence-electron chi connectivity index (χ1n) is 8.30. The first-order valence-corrected chi connectivity index (χ1v) is 8.30. The van der Waals surface area contributed by atoms with Crippen LogP contribution in [0.25, 0.3) is 22.5 Å². The van der Waals surface area contributed by atoms with Gasteiger partial charge in [-0.05, 0) is 37.6 Å². The maximum Gasteiger partial charge on any atom is 0.126 e. The molecule has 0 bridgehead atoms. The summed E-state index contributed by atoms with van der Waals surface area (Å²) in [7, 11) is 1.68. The van der Waals surface area contributed by atoms with E-state index in [-0.39, 0.29) is 0 Å². The van der Waals surface area contributed by atoms with Crippen LogP contribution in [0, 0.1) is 6.92 Å². The Bertz CT molecular complexity index is 811. The smallest absolute Gasteiger partial charge is 0.126 e. The molecule has 3 rings (SSSR count). The molecule has 0 saturated carbocycles. The van der Waals surface area contributed by atoms with Crippen molar-refractivity contribution in [2.75, 3.05) is 7.11 Å². The lowest BCUT2D eigenvalue weighted by Crippen LogP contribution is -2.03. The highest BCUT2D eigenvalue weighted by molar-refractivity contribution is 5.74. The van der Waals surface area contributed by atoms with Crippen molar-refractivity contribution in [3.05, 3.63) is 66.0 Å². The SMILES string of the molecule is CCCc1c(-c2ccccc2)nc(C)nc1-c1ccc(OC)cc1. The van der Waals surface area contributed by atoms with Gasteiger partial charge in [0.15, 0.2) is 0 Å². The number of nitrogens with zero attached hydrogens (tertiary/aromatic N) is 2. The third kappa shape index (κ3) is 3.30. The van der Waals surface area contributed by atoms with E-state index in [1.807, 2.05) is 25.1 Å². The molecule has 0 atom stereocenters. The van der Waals surface area contributed by atoms with Crippen molar-refractivity contribution in [3.8, 4) is 28.3 Å². The topological polar surface area (TPSA) is 35.0 Å². The molecule has 0 spiro atoms. The van der Waals surface area contributed by atoms with E-state index in [0.29, 0.717) is 0 Å². The largest absolute Gasteiger partial charge is 0.497 e. The van der Waals surface area contributed by atoms with Gasteiger partial charge in [-0.1, -0.05) is 43.7 Å². The monoisotopic (exact) mass is 318 g/mol. The lowest BCUT2D eigenvalue weighted by atomic mass is 9.97. The molecular formula is C21H22N2O. The van der Waals surface area contributed by atoms with Crippen LogP contribution in [0.2, 0.25) is 0 Å². The van der Waals surface area contributed by atoms with Crippen molar-refractivity contribution in [1.82, 2.24) is 9.97 Å². The second kappa shape index (κ2) is 7.26. The molecule has 24 heavy (non-hydrogen) atoms. The van der Waals surface area contributed by atoms with Gasteiger partial charge >= 0.3 is 0 Å². The summed E-state index contributed by atoms with van der Waals surface area (Å²) in [6.07, 6.45) is 2.00. The summed E-state index contributed by atoms with van der Waals surface area (Å²) in [5.41, 5.74) is 5.50. The molecule has 0 saturated heterocycles. The summed E-state index contributed by atoms with van der Waals surface area (Å²) >= 11 is 0. The van der Waals surface area contributed by atoms with Gasteiger partial charge in [0.25, 0.3) is 0 Å². The van der Waals surface area contributed by atoms with E-state index in [1.54, 1.807) is 7.11 Å². The van der Waals surface area contributed by atoms with Crippen LogP contribution in [0.15, 0.2) is 54.6 Å². The van der Waals surface area contributed by atoms with E-state index >= 15 is 0 Å². The summed E-state index contributed by atoms with van der Waals surface area (Å²) in [5, 5.41) is 0. The van der Waals surface area contributed by atoms with E-state index in [1.165, 1.54) is 5.56 Å². The highest BCUT2D eigenvalue weighted by Gasteiger charge is 2.15. The van der Waals surface area contributed by atoms with Gasteiger partial charge in [0.2, 0.25) is 0 Å². The minimum Gasteiger partial charge on any atom is -0.497 e. The first kappa shape index (κ1) is 16.2. The standard InChI is InChI=1S/C21H22N2O/c1-4-8-19-20(16-9-6-5-7-10-16)22-15(2)23-21(19)17-11-13-18(24-3)14-12-17/h5-7,9-14H,4,8H2,1-3H3. The van der Waals surface area contributed by atoms with E-state index in [9.17, 15) is 0 Å². The molecule has 3 aromatic rings. The molecule has 0 aliphatic rings. The number of hydrogen-bond acceptors (Lipinski definition) is 3. The Morgan fingerprint density at radius 2 is 1.42 bits per heavy atom. The molecule has 0 aliphatic carbocycles. The van der Waals surface area contributed by atoms with Gasteiger partial charge in [0.05, 0.1) is 18.5 Å². The van der Waals surface area contributed by atoms with Gasteiger partial charge in [0, 0.05) is 16.7 Å². The average Bonchev–Trinajstić information content (AvgIpc) is 2.64. The average molecular weight is 318 g/mol. The molecule has 2 aromatic carbocycles. The third-order valence-corrected chi connectivity index (χ3v) is 4.03. The number of methoxy groups -OCH3 is 1. The van der Waals surface area contributed by atoms with E-state index in [0.717, 1.165) is 46.9 Å². The van der Waals surface area contributed by atoms with Gasteiger partial charge in [0.1, 0.15) is 11.6 Å². The Morgan fingerprint density at radius 1 is 0.833 bits per heavy atom. The summed E-state index contributed by atoms with van der Waals surface area (Å²) in [6.45, 7) is 4.14. The summed E-state index contributed by atoms with van der Waals surface area (Å²) < 4.78 is 5.27. The van der Waals surface area contributed by atoms with E-state index in [4.69, 9.17) is 14.7 Å². The van der Waals surface area contributed by atoms with Crippen LogP contribution in [0.3, 0.4) is 0 Å². The van der Waals surface area contributed by atoms with Crippen molar-refractivity contribution in [2.24, 2.45) is 0 Å². The zero-order chi connectivity index (χ0) is 16.9. The maximum absolute atomic E-state index is 5.27. The zero-order valence-corrected chi connectivity index (χ0v) is 14.4. The minimum absolute atomic E-state index is 0.791. The Morgan fingerprint density at radius 3 is 1.96 bits per heavy atom. The third-order valence-electron chi connectivity index (χ3n) is 4.03. The second-order valence-corrected chi connectivity index (χ2v) is 5.79. The van der Waals surface area contributed by atoms with Gasteiger partial charge in [-0.3, -0.25) is 0 Å². The Balaban J connectivity index is 2.19. The van der Waals surface area contributed by atoms with Crippen LogP contribution in [0.4, 0.5) is 0 Å². The molecule has 1 aromatic heterocycles. The number of ether oxygens (including phenoxy) is 1. The van der Waals surface area contributed by atoms with Crippen molar-refractivity contribution in [2.45, 2.75) is 26.7 Å². The fourth-order valence-corrected chi connectivity index (χ4v) is 2.90. The quantitative estimate of drug-likeness (QED) is 0.658. The molecule has 122 valence electrons. The highest BCUT2D eigenvalue weighted by Crippen LogP contribution is 2.31. The van der Waals surface area contributed by atoms with Crippen LogP contribution in [-0.2, 0) is 6.42 Å². The molecule has 0 aliphatic heterocycles. The van der Waals surface area contributed by atoms with Crippen molar-refractivity contribution in [1.29, 1.82) is 0 Å².